The van der Waals surface area contributed by atoms with E-state index in [0.29, 0.717) is 36.4 Å². The summed E-state index contributed by atoms with van der Waals surface area (Å²) in [6.45, 7) is 5.11. The number of hydrogen-bond acceptors (Lipinski definition) is 6. The number of aromatic nitrogens is 5. The van der Waals surface area contributed by atoms with Crippen LogP contribution in [-0.2, 0) is 13.1 Å². The Labute approximate surface area is 170 Å². The highest BCUT2D eigenvalue weighted by Gasteiger charge is 2.12. The molecule has 29 heavy (non-hydrogen) atoms. The van der Waals surface area contributed by atoms with Crippen molar-refractivity contribution in [1.29, 1.82) is 0 Å². The highest BCUT2D eigenvalue weighted by Crippen LogP contribution is 2.09. The summed E-state index contributed by atoms with van der Waals surface area (Å²) in [5, 5.41) is 10.1. The lowest BCUT2D eigenvalue weighted by atomic mass is 10.1. The molecule has 0 aliphatic rings. The first-order valence-corrected chi connectivity index (χ1v) is 10.1. The molecule has 0 aliphatic heterocycles. The van der Waals surface area contributed by atoms with Crippen molar-refractivity contribution in [2.45, 2.75) is 26.9 Å². The van der Waals surface area contributed by atoms with Crippen molar-refractivity contribution in [3.63, 3.8) is 0 Å². The first-order valence-electron chi connectivity index (χ1n) is 9.18. The molecular weight excluding hydrogens is 388 g/mol. The second-order valence-electron chi connectivity index (χ2n) is 6.78. The molecule has 148 valence electrons. The van der Waals surface area contributed by atoms with Gasteiger partial charge in [0.25, 0.3) is 11.5 Å². The van der Waals surface area contributed by atoms with Gasteiger partial charge < -0.3 is 5.32 Å². The zero-order chi connectivity index (χ0) is 20.4. The van der Waals surface area contributed by atoms with Crippen LogP contribution in [0.5, 0.6) is 0 Å². The van der Waals surface area contributed by atoms with E-state index in [1.54, 1.807) is 21.0 Å². The number of nitrogens with one attached hydrogen (secondary N) is 1. The van der Waals surface area contributed by atoms with E-state index >= 15 is 0 Å². The molecule has 0 aliphatic carbocycles. The molecule has 1 N–H and O–H groups in total. The van der Waals surface area contributed by atoms with Gasteiger partial charge in [0.2, 0.25) is 0 Å². The highest BCUT2D eigenvalue weighted by atomic mass is 32.1. The molecule has 0 saturated heterocycles. The minimum Gasteiger partial charge on any atom is -0.349 e. The van der Waals surface area contributed by atoms with E-state index in [2.05, 4.69) is 20.4 Å². The molecule has 0 saturated carbocycles. The predicted molar refractivity (Wildman–Crippen MR) is 111 cm³/mol. The SMILES string of the molecule is Cc1ccc(Cn2cnc3c(cnn3CCNC(=O)c3csc(C)n3)c2=O)cc1. The van der Waals surface area contributed by atoms with E-state index in [4.69, 9.17) is 0 Å². The molecule has 0 unspecified atom stereocenters. The van der Waals surface area contributed by atoms with Crippen LogP contribution in [0.4, 0.5) is 0 Å². The van der Waals surface area contributed by atoms with Crippen molar-refractivity contribution in [1.82, 2.24) is 29.6 Å². The molecule has 3 heterocycles. The molecule has 0 atom stereocenters. The van der Waals surface area contributed by atoms with Crippen LogP contribution in [0.2, 0.25) is 0 Å². The number of aryl methyl sites for hydroxylation is 2. The summed E-state index contributed by atoms with van der Waals surface area (Å²) in [7, 11) is 0. The van der Waals surface area contributed by atoms with Crippen molar-refractivity contribution >= 4 is 28.3 Å². The Morgan fingerprint density at radius 2 is 2.00 bits per heavy atom. The lowest BCUT2D eigenvalue weighted by Gasteiger charge is -2.07. The maximum atomic E-state index is 12.8. The third-order valence-electron chi connectivity index (χ3n) is 4.56. The average Bonchev–Trinajstić information content (AvgIpc) is 3.32. The van der Waals surface area contributed by atoms with Crippen LogP contribution < -0.4 is 10.9 Å². The van der Waals surface area contributed by atoms with Crippen LogP contribution in [0.3, 0.4) is 0 Å². The Kier molecular flexibility index (Phi) is 5.22. The van der Waals surface area contributed by atoms with Gasteiger partial charge in [-0.1, -0.05) is 29.8 Å². The molecule has 0 fully saturated rings. The number of fused-ring (bicyclic) bond motifs is 1. The fraction of sp³-hybridized carbons (Fsp3) is 0.250. The van der Waals surface area contributed by atoms with Gasteiger partial charge in [0.15, 0.2) is 5.65 Å². The molecular formula is C20H20N6O2S. The van der Waals surface area contributed by atoms with Gasteiger partial charge in [-0.3, -0.25) is 14.2 Å². The summed E-state index contributed by atoms with van der Waals surface area (Å²) < 4.78 is 3.20. The van der Waals surface area contributed by atoms with Crippen molar-refractivity contribution in [2.24, 2.45) is 0 Å². The van der Waals surface area contributed by atoms with Gasteiger partial charge in [-0.2, -0.15) is 5.10 Å². The van der Waals surface area contributed by atoms with Gasteiger partial charge in [0.1, 0.15) is 17.4 Å². The molecule has 0 spiro atoms. The quantitative estimate of drug-likeness (QED) is 0.527. The summed E-state index contributed by atoms with van der Waals surface area (Å²) in [6, 6.07) is 8.04. The summed E-state index contributed by atoms with van der Waals surface area (Å²) in [6.07, 6.45) is 3.07. The molecule has 4 rings (SSSR count). The van der Waals surface area contributed by atoms with Crippen molar-refractivity contribution in [3.05, 3.63) is 74.4 Å². The van der Waals surface area contributed by atoms with E-state index < -0.39 is 0 Å². The van der Waals surface area contributed by atoms with E-state index in [0.717, 1.165) is 10.6 Å². The average molecular weight is 408 g/mol. The van der Waals surface area contributed by atoms with Crippen molar-refractivity contribution < 1.29 is 4.79 Å². The summed E-state index contributed by atoms with van der Waals surface area (Å²) in [5.74, 6) is -0.223. The predicted octanol–water partition coefficient (Wildman–Crippen LogP) is 2.14. The second kappa shape index (κ2) is 7.96. The number of rotatable bonds is 6. The van der Waals surface area contributed by atoms with Crippen LogP contribution in [0.15, 0.2) is 47.0 Å². The molecule has 8 nitrogen and oxygen atoms in total. The Morgan fingerprint density at radius 1 is 1.21 bits per heavy atom. The number of nitrogens with zero attached hydrogens (tertiary/aromatic N) is 5. The minimum absolute atomic E-state index is 0.135. The number of benzene rings is 1. The number of thiazole rings is 1. The van der Waals surface area contributed by atoms with Crippen LogP contribution in [-0.4, -0.2) is 36.8 Å². The van der Waals surface area contributed by atoms with Gasteiger partial charge in [-0.15, -0.1) is 11.3 Å². The number of carbonyl (C=O) groups excluding carboxylic acids is 1. The van der Waals surface area contributed by atoms with Gasteiger partial charge >= 0.3 is 0 Å². The first-order chi connectivity index (χ1) is 14.0. The Balaban J connectivity index is 1.46. The Bertz CT molecular complexity index is 1220. The third-order valence-corrected chi connectivity index (χ3v) is 5.33. The van der Waals surface area contributed by atoms with E-state index in [9.17, 15) is 9.59 Å². The van der Waals surface area contributed by atoms with Gasteiger partial charge in [-0.05, 0) is 19.4 Å². The van der Waals surface area contributed by atoms with Crippen LogP contribution in [0.1, 0.15) is 26.6 Å². The zero-order valence-electron chi connectivity index (χ0n) is 16.1. The number of amides is 1. The Hall–Kier alpha value is -3.33. The summed E-state index contributed by atoms with van der Waals surface area (Å²) >= 11 is 1.43. The molecule has 4 aromatic rings. The largest absolute Gasteiger partial charge is 0.349 e. The summed E-state index contributed by atoms with van der Waals surface area (Å²) in [4.78, 5) is 33.4. The topological polar surface area (TPSA) is 94.7 Å². The zero-order valence-corrected chi connectivity index (χ0v) is 16.9. The molecule has 0 bridgehead atoms. The van der Waals surface area contributed by atoms with E-state index in [-0.39, 0.29) is 11.5 Å². The smallest absolute Gasteiger partial charge is 0.270 e. The normalized spacial score (nSPS) is 11.1. The van der Waals surface area contributed by atoms with Crippen LogP contribution in [0, 0.1) is 13.8 Å². The fourth-order valence-electron chi connectivity index (χ4n) is 3.00. The van der Waals surface area contributed by atoms with Gasteiger partial charge in [0.05, 0.1) is 24.3 Å². The summed E-state index contributed by atoms with van der Waals surface area (Å²) in [5.41, 5.74) is 2.99. The maximum Gasteiger partial charge on any atom is 0.270 e. The van der Waals surface area contributed by atoms with Crippen molar-refractivity contribution in [2.75, 3.05) is 6.54 Å². The van der Waals surface area contributed by atoms with Gasteiger partial charge in [0, 0.05) is 11.9 Å². The van der Waals surface area contributed by atoms with Crippen LogP contribution >= 0.6 is 11.3 Å². The third kappa shape index (κ3) is 4.09. The van der Waals surface area contributed by atoms with E-state index in [1.807, 2.05) is 38.1 Å². The lowest BCUT2D eigenvalue weighted by Crippen LogP contribution is -2.28. The number of carbonyl (C=O) groups is 1. The first kappa shape index (κ1) is 19.0. The van der Waals surface area contributed by atoms with Crippen LogP contribution in [0.25, 0.3) is 11.0 Å². The monoisotopic (exact) mass is 408 g/mol. The molecule has 0 radical (unpaired) electrons. The van der Waals surface area contributed by atoms with E-state index in [1.165, 1.54) is 23.1 Å². The van der Waals surface area contributed by atoms with Crippen molar-refractivity contribution in [3.8, 4) is 0 Å². The second-order valence-corrected chi connectivity index (χ2v) is 7.84. The fourth-order valence-corrected chi connectivity index (χ4v) is 3.59. The standard InChI is InChI=1S/C20H20N6O2S/c1-13-3-5-15(6-4-13)10-25-12-22-18-16(20(25)28)9-23-26(18)8-7-21-19(27)17-11-29-14(2)24-17/h3-6,9,11-12H,7-8,10H2,1-2H3,(H,21,27). The molecule has 3 aromatic heterocycles. The van der Waals surface area contributed by atoms with Gasteiger partial charge in [-0.25, -0.2) is 14.6 Å². The maximum absolute atomic E-state index is 12.8. The minimum atomic E-state index is -0.223. The Morgan fingerprint density at radius 3 is 2.72 bits per heavy atom. The molecule has 1 amide bonds. The number of hydrogen-bond donors (Lipinski definition) is 1. The molecule has 9 heteroatoms. The molecule has 1 aromatic carbocycles. The lowest BCUT2D eigenvalue weighted by molar-refractivity contribution is 0.0947. The highest BCUT2D eigenvalue weighted by molar-refractivity contribution is 7.09.